The fourth-order valence-corrected chi connectivity index (χ4v) is 2.44. The van der Waals surface area contributed by atoms with Crippen LogP contribution < -0.4 is 10.6 Å². The first-order valence-corrected chi connectivity index (χ1v) is 5.75. The van der Waals surface area contributed by atoms with Crippen molar-refractivity contribution in [3.05, 3.63) is 16.5 Å². The zero-order valence-electron chi connectivity index (χ0n) is 7.55. The molecule has 76 valence electrons. The number of amides is 1. The highest BCUT2D eigenvalue weighted by atomic mass is 35.5. The number of nitrogens with one attached hydrogen (secondary N) is 2. The second kappa shape index (κ2) is 4.29. The highest BCUT2D eigenvalue weighted by Gasteiger charge is 2.22. The average molecular weight is 231 g/mol. The first-order chi connectivity index (χ1) is 6.75. The predicted octanol–water partition coefficient (Wildman–Crippen LogP) is 2.09. The van der Waals surface area contributed by atoms with Crippen LogP contribution in [-0.2, 0) is 4.79 Å². The normalized spacial score (nSPS) is 21.1. The summed E-state index contributed by atoms with van der Waals surface area (Å²) in [6, 6.07) is 3.57. The maximum atomic E-state index is 11.6. The SMILES string of the molecule is O=C(Nc1ccc(Cl)s1)C1CCCN1. The summed E-state index contributed by atoms with van der Waals surface area (Å²) in [5.74, 6) is 0.0426. The number of carbonyl (C=O) groups is 1. The molecule has 1 unspecified atom stereocenters. The summed E-state index contributed by atoms with van der Waals surface area (Å²) < 4.78 is 0.694. The lowest BCUT2D eigenvalue weighted by Gasteiger charge is -2.08. The molecule has 1 saturated heterocycles. The Morgan fingerprint density at radius 2 is 2.50 bits per heavy atom. The molecule has 0 bridgehead atoms. The van der Waals surface area contributed by atoms with Gasteiger partial charge in [-0.2, -0.15) is 0 Å². The highest BCUT2D eigenvalue weighted by Crippen LogP contribution is 2.26. The molecular weight excluding hydrogens is 220 g/mol. The van der Waals surface area contributed by atoms with Gasteiger partial charge in [0.1, 0.15) is 0 Å². The monoisotopic (exact) mass is 230 g/mol. The van der Waals surface area contributed by atoms with E-state index in [1.165, 1.54) is 11.3 Å². The lowest BCUT2D eigenvalue weighted by atomic mass is 10.2. The third-order valence-electron chi connectivity index (χ3n) is 2.20. The molecule has 2 heterocycles. The van der Waals surface area contributed by atoms with E-state index >= 15 is 0 Å². The van der Waals surface area contributed by atoms with Crippen LogP contribution in [0.4, 0.5) is 5.00 Å². The molecule has 1 aromatic heterocycles. The standard InChI is InChI=1S/C9H11ClN2OS/c10-7-3-4-8(14-7)12-9(13)6-2-1-5-11-6/h3-4,6,11H,1-2,5H2,(H,12,13). The van der Waals surface area contributed by atoms with Crippen molar-refractivity contribution in [2.45, 2.75) is 18.9 Å². The third-order valence-corrected chi connectivity index (χ3v) is 3.34. The molecule has 1 aliphatic rings. The molecule has 3 nitrogen and oxygen atoms in total. The number of carbonyl (C=O) groups excluding carboxylic acids is 1. The molecule has 2 N–H and O–H groups in total. The van der Waals surface area contributed by atoms with Gasteiger partial charge >= 0.3 is 0 Å². The van der Waals surface area contributed by atoms with E-state index in [0.717, 1.165) is 24.4 Å². The summed E-state index contributed by atoms with van der Waals surface area (Å²) in [5, 5.41) is 6.79. The molecule has 14 heavy (non-hydrogen) atoms. The topological polar surface area (TPSA) is 41.1 Å². The average Bonchev–Trinajstić information content (AvgIpc) is 2.75. The molecule has 2 rings (SSSR count). The fraction of sp³-hybridized carbons (Fsp3) is 0.444. The minimum Gasteiger partial charge on any atom is -0.316 e. The smallest absolute Gasteiger partial charge is 0.242 e. The van der Waals surface area contributed by atoms with Gasteiger partial charge < -0.3 is 10.6 Å². The van der Waals surface area contributed by atoms with Crippen LogP contribution in [0, 0.1) is 0 Å². The second-order valence-electron chi connectivity index (χ2n) is 3.24. The van der Waals surface area contributed by atoms with Crippen LogP contribution in [0.25, 0.3) is 0 Å². The number of hydrogen-bond acceptors (Lipinski definition) is 3. The van der Waals surface area contributed by atoms with Gasteiger partial charge in [-0.3, -0.25) is 4.79 Å². The first-order valence-electron chi connectivity index (χ1n) is 4.55. The van der Waals surface area contributed by atoms with Crippen molar-refractivity contribution >= 4 is 33.8 Å². The van der Waals surface area contributed by atoms with Crippen molar-refractivity contribution in [2.24, 2.45) is 0 Å². The Morgan fingerprint density at radius 1 is 1.64 bits per heavy atom. The molecular formula is C9H11ClN2OS. The summed E-state index contributed by atoms with van der Waals surface area (Å²) >= 11 is 7.14. The van der Waals surface area contributed by atoms with Crippen LogP contribution in [0.5, 0.6) is 0 Å². The summed E-state index contributed by atoms with van der Waals surface area (Å²) in [6.07, 6.45) is 1.99. The van der Waals surface area contributed by atoms with Gasteiger partial charge in [0.15, 0.2) is 0 Å². The van der Waals surface area contributed by atoms with E-state index in [1.54, 1.807) is 6.07 Å². The van der Waals surface area contributed by atoms with Gasteiger partial charge in [-0.1, -0.05) is 11.6 Å². The molecule has 0 aromatic carbocycles. The van der Waals surface area contributed by atoms with Crippen molar-refractivity contribution in [1.29, 1.82) is 0 Å². The maximum Gasteiger partial charge on any atom is 0.242 e. The van der Waals surface area contributed by atoms with E-state index in [4.69, 9.17) is 11.6 Å². The molecule has 1 aliphatic heterocycles. The van der Waals surface area contributed by atoms with Crippen LogP contribution in [0.15, 0.2) is 12.1 Å². The van der Waals surface area contributed by atoms with Gasteiger partial charge in [-0.05, 0) is 31.5 Å². The zero-order valence-corrected chi connectivity index (χ0v) is 9.12. The Labute approximate surface area is 91.5 Å². The van der Waals surface area contributed by atoms with Crippen LogP contribution in [0.2, 0.25) is 4.34 Å². The fourth-order valence-electron chi connectivity index (χ4n) is 1.50. The number of thiophene rings is 1. The molecule has 1 aromatic rings. The van der Waals surface area contributed by atoms with Gasteiger partial charge in [-0.25, -0.2) is 0 Å². The van der Waals surface area contributed by atoms with Gasteiger partial charge in [0.25, 0.3) is 0 Å². The quantitative estimate of drug-likeness (QED) is 0.817. The van der Waals surface area contributed by atoms with E-state index in [1.807, 2.05) is 6.07 Å². The summed E-state index contributed by atoms with van der Waals surface area (Å²) in [5.41, 5.74) is 0. The van der Waals surface area contributed by atoms with Crippen molar-refractivity contribution in [3.8, 4) is 0 Å². The number of hydrogen-bond donors (Lipinski definition) is 2. The van der Waals surface area contributed by atoms with Crippen LogP contribution in [0.1, 0.15) is 12.8 Å². The molecule has 1 fully saturated rings. The van der Waals surface area contributed by atoms with E-state index < -0.39 is 0 Å². The lowest BCUT2D eigenvalue weighted by Crippen LogP contribution is -2.35. The molecule has 1 amide bonds. The summed E-state index contributed by atoms with van der Waals surface area (Å²) in [4.78, 5) is 11.6. The molecule has 0 spiro atoms. The van der Waals surface area contributed by atoms with Gasteiger partial charge in [0.2, 0.25) is 5.91 Å². The van der Waals surface area contributed by atoms with Crippen molar-refractivity contribution in [2.75, 3.05) is 11.9 Å². The third kappa shape index (κ3) is 2.26. The Bertz CT molecular complexity index is 333. The van der Waals surface area contributed by atoms with Crippen molar-refractivity contribution in [1.82, 2.24) is 5.32 Å². The molecule has 0 aliphatic carbocycles. The Kier molecular flexibility index (Phi) is 3.05. The Balaban J connectivity index is 1.93. The van der Waals surface area contributed by atoms with Crippen molar-refractivity contribution in [3.63, 3.8) is 0 Å². The molecule has 0 saturated carbocycles. The van der Waals surface area contributed by atoms with E-state index in [9.17, 15) is 4.79 Å². The Morgan fingerprint density at radius 3 is 3.07 bits per heavy atom. The highest BCUT2D eigenvalue weighted by molar-refractivity contribution is 7.20. The maximum absolute atomic E-state index is 11.6. The van der Waals surface area contributed by atoms with Crippen LogP contribution in [0.3, 0.4) is 0 Å². The van der Waals surface area contributed by atoms with Crippen LogP contribution in [-0.4, -0.2) is 18.5 Å². The minimum absolute atomic E-state index is 0.0316. The van der Waals surface area contributed by atoms with Crippen LogP contribution >= 0.6 is 22.9 Å². The number of anilines is 1. The molecule has 1 atom stereocenters. The van der Waals surface area contributed by atoms with Gasteiger partial charge in [0.05, 0.1) is 15.4 Å². The zero-order chi connectivity index (χ0) is 9.97. The number of halogens is 1. The largest absolute Gasteiger partial charge is 0.316 e. The molecule has 0 radical (unpaired) electrons. The van der Waals surface area contributed by atoms with E-state index in [-0.39, 0.29) is 11.9 Å². The first kappa shape index (κ1) is 9.96. The minimum atomic E-state index is -0.0316. The van der Waals surface area contributed by atoms with Gasteiger partial charge in [0, 0.05) is 0 Å². The van der Waals surface area contributed by atoms with E-state index in [2.05, 4.69) is 10.6 Å². The summed E-state index contributed by atoms with van der Waals surface area (Å²) in [6.45, 7) is 0.934. The van der Waals surface area contributed by atoms with Gasteiger partial charge in [-0.15, -0.1) is 11.3 Å². The predicted molar refractivity (Wildman–Crippen MR) is 59.0 cm³/mol. The summed E-state index contributed by atoms with van der Waals surface area (Å²) in [7, 11) is 0. The number of rotatable bonds is 2. The lowest BCUT2D eigenvalue weighted by molar-refractivity contribution is -0.117. The Hall–Kier alpha value is -0.580. The molecule has 5 heteroatoms. The van der Waals surface area contributed by atoms with Crippen molar-refractivity contribution < 1.29 is 4.79 Å². The van der Waals surface area contributed by atoms with E-state index in [0.29, 0.717) is 4.34 Å². The second-order valence-corrected chi connectivity index (χ2v) is 4.96.